The molecule has 0 spiro atoms. The van der Waals surface area contributed by atoms with Gasteiger partial charge in [0.15, 0.2) is 0 Å². The van der Waals surface area contributed by atoms with Gasteiger partial charge in [0.1, 0.15) is 0 Å². The van der Waals surface area contributed by atoms with Crippen LogP contribution in [0.15, 0.2) is 12.4 Å². The van der Waals surface area contributed by atoms with E-state index in [-0.39, 0.29) is 0 Å². The summed E-state index contributed by atoms with van der Waals surface area (Å²) in [5.41, 5.74) is 0. The molecular formula is C13H23N3O. The van der Waals surface area contributed by atoms with E-state index in [1.807, 2.05) is 6.20 Å². The van der Waals surface area contributed by atoms with E-state index in [1.54, 1.807) is 7.11 Å². The van der Waals surface area contributed by atoms with E-state index in [9.17, 15) is 0 Å². The monoisotopic (exact) mass is 237 g/mol. The van der Waals surface area contributed by atoms with Gasteiger partial charge in [-0.2, -0.15) is 0 Å². The number of anilines is 1. The number of hydrogen-bond acceptors (Lipinski definition) is 3. The zero-order valence-electron chi connectivity index (χ0n) is 10.9. The third kappa shape index (κ3) is 3.22. The quantitative estimate of drug-likeness (QED) is 0.826. The predicted octanol–water partition coefficient (Wildman–Crippen LogP) is 2.69. The minimum atomic E-state index is 0.508. The fourth-order valence-electron chi connectivity index (χ4n) is 2.54. The molecule has 0 bridgehead atoms. The van der Waals surface area contributed by atoms with Crippen molar-refractivity contribution >= 4 is 5.95 Å². The van der Waals surface area contributed by atoms with Gasteiger partial charge >= 0.3 is 0 Å². The van der Waals surface area contributed by atoms with Crippen LogP contribution in [-0.4, -0.2) is 29.8 Å². The van der Waals surface area contributed by atoms with Crippen LogP contribution in [0.4, 0.5) is 5.95 Å². The molecule has 0 aromatic carbocycles. The van der Waals surface area contributed by atoms with Crippen molar-refractivity contribution < 1.29 is 4.74 Å². The van der Waals surface area contributed by atoms with Crippen LogP contribution >= 0.6 is 0 Å². The zero-order valence-corrected chi connectivity index (χ0v) is 10.9. The Morgan fingerprint density at radius 2 is 2.29 bits per heavy atom. The highest BCUT2D eigenvalue weighted by atomic mass is 16.5. The van der Waals surface area contributed by atoms with Gasteiger partial charge in [-0.25, -0.2) is 4.98 Å². The van der Waals surface area contributed by atoms with Crippen LogP contribution in [0.25, 0.3) is 0 Å². The van der Waals surface area contributed by atoms with Crippen LogP contribution in [0.3, 0.4) is 0 Å². The Balaban J connectivity index is 1.90. The van der Waals surface area contributed by atoms with Gasteiger partial charge in [0.25, 0.3) is 0 Å². The molecule has 1 aromatic heterocycles. The molecule has 1 N–H and O–H groups in total. The molecule has 0 amide bonds. The van der Waals surface area contributed by atoms with Crippen molar-refractivity contribution in [1.29, 1.82) is 0 Å². The summed E-state index contributed by atoms with van der Waals surface area (Å²) in [6.07, 6.45) is 9.27. The van der Waals surface area contributed by atoms with Crippen LogP contribution in [0.2, 0.25) is 0 Å². The van der Waals surface area contributed by atoms with Crippen molar-refractivity contribution in [3.8, 4) is 0 Å². The number of aromatic nitrogens is 2. The SMILES string of the molecule is COCC(C)CNc1nccn1C1CCCC1. The summed E-state index contributed by atoms with van der Waals surface area (Å²) < 4.78 is 7.43. The number of nitrogens with one attached hydrogen (secondary N) is 1. The minimum Gasteiger partial charge on any atom is -0.384 e. The zero-order chi connectivity index (χ0) is 12.1. The van der Waals surface area contributed by atoms with Crippen molar-refractivity contribution in [1.82, 2.24) is 9.55 Å². The molecule has 0 aliphatic heterocycles. The number of nitrogens with zero attached hydrogens (tertiary/aromatic N) is 2. The molecule has 1 atom stereocenters. The van der Waals surface area contributed by atoms with E-state index in [0.717, 1.165) is 19.1 Å². The number of hydrogen-bond donors (Lipinski definition) is 1. The second-order valence-corrected chi connectivity index (χ2v) is 5.04. The number of rotatable bonds is 6. The fourth-order valence-corrected chi connectivity index (χ4v) is 2.54. The summed E-state index contributed by atoms with van der Waals surface area (Å²) >= 11 is 0. The number of imidazole rings is 1. The molecule has 1 heterocycles. The van der Waals surface area contributed by atoms with E-state index in [1.165, 1.54) is 25.7 Å². The molecule has 4 nitrogen and oxygen atoms in total. The molecule has 1 unspecified atom stereocenters. The van der Waals surface area contributed by atoms with Crippen LogP contribution in [0.5, 0.6) is 0 Å². The molecular weight excluding hydrogens is 214 g/mol. The molecule has 1 aliphatic rings. The second kappa shape index (κ2) is 6.05. The lowest BCUT2D eigenvalue weighted by Crippen LogP contribution is -2.19. The van der Waals surface area contributed by atoms with Gasteiger partial charge in [0.2, 0.25) is 5.95 Å². The summed E-state index contributed by atoms with van der Waals surface area (Å²) in [7, 11) is 1.75. The van der Waals surface area contributed by atoms with Crippen LogP contribution in [-0.2, 0) is 4.74 Å². The van der Waals surface area contributed by atoms with Crippen LogP contribution in [0.1, 0.15) is 38.6 Å². The Kier molecular flexibility index (Phi) is 4.42. The Hall–Kier alpha value is -1.03. The molecule has 0 radical (unpaired) electrons. The first-order chi connectivity index (χ1) is 8.31. The fraction of sp³-hybridized carbons (Fsp3) is 0.769. The third-order valence-electron chi connectivity index (χ3n) is 3.45. The lowest BCUT2D eigenvalue weighted by molar-refractivity contribution is 0.164. The van der Waals surface area contributed by atoms with Crippen molar-refractivity contribution in [2.24, 2.45) is 5.92 Å². The predicted molar refractivity (Wildman–Crippen MR) is 69.3 cm³/mol. The minimum absolute atomic E-state index is 0.508. The topological polar surface area (TPSA) is 39.1 Å². The lowest BCUT2D eigenvalue weighted by atomic mass is 10.2. The van der Waals surface area contributed by atoms with Crippen molar-refractivity contribution in [2.45, 2.75) is 38.6 Å². The van der Waals surface area contributed by atoms with E-state index in [4.69, 9.17) is 4.74 Å². The van der Waals surface area contributed by atoms with Crippen molar-refractivity contribution in [3.05, 3.63) is 12.4 Å². The van der Waals surface area contributed by atoms with Gasteiger partial charge in [0, 0.05) is 32.1 Å². The molecule has 96 valence electrons. The average Bonchev–Trinajstić information content (AvgIpc) is 2.97. The maximum Gasteiger partial charge on any atom is 0.203 e. The molecule has 1 aliphatic carbocycles. The van der Waals surface area contributed by atoms with Crippen LogP contribution < -0.4 is 5.32 Å². The first-order valence-corrected chi connectivity index (χ1v) is 6.57. The first kappa shape index (κ1) is 12.4. The Morgan fingerprint density at radius 3 is 3.00 bits per heavy atom. The van der Waals surface area contributed by atoms with E-state index in [2.05, 4.69) is 28.0 Å². The van der Waals surface area contributed by atoms with E-state index in [0.29, 0.717) is 12.0 Å². The number of methoxy groups -OCH3 is 1. The van der Waals surface area contributed by atoms with Gasteiger partial charge < -0.3 is 14.6 Å². The Morgan fingerprint density at radius 1 is 1.53 bits per heavy atom. The molecule has 1 fully saturated rings. The molecule has 2 rings (SSSR count). The summed E-state index contributed by atoms with van der Waals surface area (Å²) in [5, 5.41) is 3.43. The van der Waals surface area contributed by atoms with Gasteiger partial charge in [0.05, 0.1) is 6.61 Å². The molecule has 17 heavy (non-hydrogen) atoms. The normalized spacial score (nSPS) is 18.5. The van der Waals surface area contributed by atoms with Crippen LogP contribution in [0, 0.1) is 5.92 Å². The van der Waals surface area contributed by atoms with E-state index >= 15 is 0 Å². The largest absolute Gasteiger partial charge is 0.384 e. The summed E-state index contributed by atoms with van der Waals surface area (Å²) in [5.74, 6) is 1.52. The molecule has 0 saturated heterocycles. The van der Waals surface area contributed by atoms with Crippen molar-refractivity contribution in [2.75, 3.05) is 25.6 Å². The Labute approximate surface area is 103 Å². The molecule has 4 heteroatoms. The van der Waals surface area contributed by atoms with Gasteiger partial charge in [-0.15, -0.1) is 0 Å². The maximum absolute atomic E-state index is 5.14. The highest BCUT2D eigenvalue weighted by molar-refractivity contribution is 5.26. The molecule has 1 saturated carbocycles. The van der Waals surface area contributed by atoms with Gasteiger partial charge in [-0.3, -0.25) is 0 Å². The third-order valence-corrected chi connectivity index (χ3v) is 3.45. The van der Waals surface area contributed by atoms with Crippen molar-refractivity contribution in [3.63, 3.8) is 0 Å². The lowest BCUT2D eigenvalue weighted by Gasteiger charge is -2.17. The highest BCUT2D eigenvalue weighted by Gasteiger charge is 2.19. The Bertz CT molecular complexity index is 331. The molecule has 1 aromatic rings. The second-order valence-electron chi connectivity index (χ2n) is 5.04. The summed E-state index contributed by atoms with van der Waals surface area (Å²) in [6, 6.07) is 0.651. The number of ether oxygens (including phenoxy) is 1. The van der Waals surface area contributed by atoms with Gasteiger partial charge in [-0.1, -0.05) is 19.8 Å². The summed E-state index contributed by atoms with van der Waals surface area (Å²) in [4.78, 5) is 4.40. The summed E-state index contributed by atoms with van der Waals surface area (Å²) in [6.45, 7) is 3.88. The first-order valence-electron chi connectivity index (χ1n) is 6.57. The smallest absolute Gasteiger partial charge is 0.203 e. The van der Waals surface area contributed by atoms with E-state index < -0.39 is 0 Å². The maximum atomic E-state index is 5.14. The highest BCUT2D eigenvalue weighted by Crippen LogP contribution is 2.31. The standard InChI is InChI=1S/C13H23N3O/c1-11(10-17-2)9-15-13-14-7-8-16(13)12-5-3-4-6-12/h7-8,11-12H,3-6,9-10H2,1-2H3,(H,14,15). The van der Waals surface area contributed by atoms with Gasteiger partial charge in [-0.05, 0) is 18.8 Å². The average molecular weight is 237 g/mol.